The molecule has 1 fully saturated rings. The lowest BCUT2D eigenvalue weighted by Crippen LogP contribution is -2.30. The van der Waals surface area contributed by atoms with E-state index in [1.54, 1.807) is 24.3 Å². The number of hydrogen-bond acceptors (Lipinski definition) is 5. The minimum Gasteiger partial charge on any atom is -0.335 e. The number of carbonyl (C=O) groups excluding carboxylic acids is 2. The highest BCUT2D eigenvalue weighted by molar-refractivity contribution is 7.89. The molecule has 30 heavy (non-hydrogen) atoms. The second-order valence-corrected chi connectivity index (χ2v) is 8.96. The van der Waals surface area contributed by atoms with Crippen molar-refractivity contribution >= 4 is 44.9 Å². The summed E-state index contributed by atoms with van der Waals surface area (Å²) in [6.07, 6.45) is 1.99. The summed E-state index contributed by atoms with van der Waals surface area (Å²) in [6.45, 7) is 0. The number of hydroxylamine groups is 1. The highest BCUT2D eigenvalue weighted by atomic mass is 35.5. The number of hydrogen-bond donors (Lipinski definition) is 3. The molecule has 3 rings (SSSR count). The Balaban J connectivity index is 1.69. The number of carbonyl (C=O) groups is 2. The van der Waals surface area contributed by atoms with Crippen LogP contribution in [0.15, 0.2) is 47.4 Å². The van der Waals surface area contributed by atoms with Crippen LogP contribution in [0.5, 0.6) is 0 Å². The molecule has 11 heteroatoms. The summed E-state index contributed by atoms with van der Waals surface area (Å²) in [5.41, 5.74) is 1.16. The van der Waals surface area contributed by atoms with Crippen molar-refractivity contribution in [3.8, 4) is 0 Å². The number of amides is 3. The SMILES string of the molecule is CON(C)S(=O)(=O)c1cc(C(=O)Nc2ccc(NC(=O)NC3CC3)cc2)ccc1Cl. The molecule has 1 aliphatic carbocycles. The third kappa shape index (κ3) is 5.28. The molecule has 160 valence electrons. The predicted molar refractivity (Wildman–Crippen MR) is 113 cm³/mol. The number of rotatable bonds is 7. The standard InChI is InChI=1S/C19H21ClN4O5S/c1-24(29-2)30(27,28)17-11-12(3-10-16(17)20)18(25)21-13-4-6-14(7-5-13)22-19(26)23-15-8-9-15/h3-7,10-11,15H,8-9H2,1-2H3,(H,21,25)(H2,22,23,26). The van der Waals surface area contributed by atoms with Crippen molar-refractivity contribution in [1.82, 2.24) is 9.79 Å². The molecule has 0 aliphatic heterocycles. The van der Waals surface area contributed by atoms with E-state index in [0.29, 0.717) is 15.8 Å². The molecule has 2 aromatic carbocycles. The van der Waals surface area contributed by atoms with Gasteiger partial charge in [0.15, 0.2) is 0 Å². The van der Waals surface area contributed by atoms with E-state index in [-0.39, 0.29) is 27.6 Å². The summed E-state index contributed by atoms with van der Waals surface area (Å²) >= 11 is 6.01. The van der Waals surface area contributed by atoms with Crippen LogP contribution in [-0.4, -0.2) is 45.0 Å². The van der Waals surface area contributed by atoms with Crippen molar-refractivity contribution in [3.05, 3.63) is 53.1 Å². The lowest BCUT2D eigenvalue weighted by Gasteiger charge is -2.16. The number of nitrogens with one attached hydrogen (secondary N) is 3. The second kappa shape index (κ2) is 9.00. The number of anilines is 2. The zero-order valence-electron chi connectivity index (χ0n) is 16.3. The first-order chi connectivity index (χ1) is 14.2. The van der Waals surface area contributed by atoms with Gasteiger partial charge in [0.1, 0.15) is 4.90 Å². The van der Waals surface area contributed by atoms with Gasteiger partial charge in [0.2, 0.25) is 0 Å². The van der Waals surface area contributed by atoms with Crippen LogP contribution in [0.2, 0.25) is 5.02 Å². The van der Waals surface area contributed by atoms with Gasteiger partial charge in [0, 0.05) is 30.0 Å². The van der Waals surface area contributed by atoms with Crippen LogP contribution < -0.4 is 16.0 Å². The monoisotopic (exact) mass is 452 g/mol. The fourth-order valence-corrected chi connectivity index (χ4v) is 3.97. The first-order valence-electron chi connectivity index (χ1n) is 9.02. The predicted octanol–water partition coefficient (Wildman–Crippen LogP) is 3.06. The maximum atomic E-state index is 12.6. The maximum absolute atomic E-state index is 12.6. The molecular formula is C19H21ClN4O5S. The Hall–Kier alpha value is -2.66. The molecule has 0 spiro atoms. The lowest BCUT2D eigenvalue weighted by molar-refractivity contribution is -0.0258. The molecule has 3 N–H and O–H groups in total. The highest BCUT2D eigenvalue weighted by Gasteiger charge is 2.25. The molecular weight excluding hydrogens is 432 g/mol. The van der Waals surface area contributed by atoms with E-state index in [1.807, 2.05) is 0 Å². The Labute approximate surface area is 179 Å². The van der Waals surface area contributed by atoms with Crippen molar-refractivity contribution in [2.75, 3.05) is 24.8 Å². The van der Waals surface area contributed by atoms with Crippen LogP contribution in [0.25, 0.3) is 0 Å². The fraction of sp³-hybridized carbons (Fsp3) is 0.263. The molecule has 9 nitrogen and oxygen atoms in total. The summed E-state index contributed by atoms with van der Waals surface area (Å²) in [4.78, 5) is 28.8. The lowest BCUT2D eigenvalue weighted by atomic mass is 10.2. The average molecular weight is 453 g/mol. The molecule has 0 heterocycles. The molecule has 0 atom stereocenters. The van der Waals surface area contributed by atoms with Crippen molar-refractivity contribution in [2.45, 2.75) is 23.8 Å². The Morgan fingerprint density at radius 1 is 1.07 bits per heavy atom. The van der Waals surface area contributed by atoms with E-state index < -0.39 is 15.9 Å². The van der Waals surface area contributed by atoms with Gasteiger partial charge >= 0.3 is 6.03 Å². The van der Waals surface area contributed by atoms with Crippen LogP contribution in [0, 0.1) is 0 Å². The quantitative estimate of drug-likeness (QED) is 0.558. The zero-order chi connectivity index (χ0) is 21.9. The van der Waals surface area contributed by atoms with Crippen LogP contribution in [0.3, 0.4) is 0 Å². The molecule has 1 saturated carbocycles. The summed E-state index contributed by atoms with van der Waals surface area (Å²) in [5, 5.41) is 8.16. The topological polar surface area (TPSA) is 117 Å². The number of sulfonamides is 1. The van der Waals surface area contributed by atoms with Gasteiger partial charge in [-0.2, -0.15) is 0 Å². The van der Waals surface area contributed by atoms with Gasteiger partial charge in [-0.3, -0.25) is 9.63 Å². The summed E-state index contributed by atoms with van der Waals surface area (Å²) in [7, 11) is -1.59. The normalized spacial score (nSPS) is 13.7. The van der Waals surface area contributed by atoms with Gasteiger partial charge in [-0.1, -0.05) is 16.1 Å². The number of urea groups is 1. The molecule has 1 aliphatic rings. The molecule has 0 unspecified atom stereocenters. The van der Waals surface area contributed by atoms with Gasteiger partial charge < -0.3 is 16.0 Å². The van der Waals surface area contributed by atoms with Crippen LogP contribution >= 0.6 is 11.6 Å². The summed E-state index contributed by atoms with van der Waals surface area (Å²) in [5.74, 6) is -0.518. The summed E-state index contributed by atoms with van der Waals surface area (Å²) in [6, 6.07) is 10.4. The highest BCUT2D eigenvalue weighted by Crippen LogP contribution is 2.26. The second-order valence-electron chi connectivity index (χ2n) is 6.65. The minimum absolute atomic E-state index is 0.0321. The number of halogens is 1. The van der Waals surface area contributed by atoms with Crippen molar-refractivity contribution in [3.63, 3.8) is 0 Å². The van der Waals surface area contributed by atoms with Gasteiger partial charge in [0.05, 0.1) is 12.1 Å². The van der Waals surface area contributed by atoms with E-state index in [4.69, 9.17) is 16.4 Å². The molecule has 0 bridgehead atoms. The Bertz CT molecular complexity index is 1060. The van der Waals surface area contributed by atoms with Crippen LogP contribution in [0.4, 0.5) is 16.2 Å². The average Bonchev–Trinajstić information content (AvgIpc) is 3.52. The van der Waals surface area contributed by atoms with Gasteiger partial charge in [0.25, 0.3) is 15.9 Å². The fourth-order valence-electron chi connectivity index (χ4n) is 2.50. The van der Waals surface area contributed by atoms with E-state index in [2.05, 4.69) is 16.0 Å². The van der Waals surface area contributed by atoms with Gasteiger partial charge in [-0.05, 0) is 55.3 Å². The smallest absolute Gasteiger partial charge is 0.319 e. The summed E-state index contributed by atoms with van der Waals surface area (Å²) < 4.78 is 25.6. The molecule has 0 saturated heterocycles. The Morgan fingerprint density at radius 2 is 1.67 bits per heavy atom. The van der Waals surface area contributed by atoms with Crippen LogP contribution in [0.1, 0.15) is 23.2 Å². The van der Waals surface area contributed by atoms with E-state index >= 15 is 0 Å². The van der Waals surface area contributed by atoms with E-state index in [1.165, 1.54) is 32.4 Å². The van der Waals surface area contributed by atoms with Gasteiger partial charge in [-0.25, -0.2) is 13.2 Å². The van der Waals surface area contributed by atoms with E-state index in [9.17, 15) is 18.0 Å². The largest absolute Gasteiger partial charge is 0.335 e. The minimum atomic E-state index is -4.02. The number of nitrogens with zero attached hydrogens (tertiary/aromatic N) is 1. The van der Waals surface area contributed by atoms with Gasteiger partial charge in [-0.15, -0.1) is 0 Å². The van der Waals surface area contributed by atoms with Crippen LogP contribution in [-0.2, 0) is 14.9 Å². The van der Waals surface area contributed by atoms with E-state index in [0.717, 1.165) is 12.8 Å². The molecule has 0 aromatic heterocycles. The number of benzene rings is 2. The van der Waals surface area contributed by atoms with Crippen molar-refractivity contribution in [2.24, 2.45) is 0 Å². The third-order valence-electron chi connectivity index (χ3n) is 4.38. The molecule has 2 aromatic rings. The third-order valence-corrected chi connectivity index (χ3v) is 6.54. The maximum Gasteiger partial charge on any atom is 0.319 e. The Morgan fingerprint density at radius 3 is 2.23 bits per heavy atom. The first-order valence-corrected chi connectivity index (χ1v) is 10.8. The Kier molecular flexibility index (Phi) is 6.61. The molecule has 3 amide bonds. The van der Waals surface area contributed by atoms with Crippen molar-refractivity contribution in [1.29, 1.82) is 0 Å². The molecule has 0 radical (unpaired) electrons. The van der Waals surface area contributed by atoms with Crippen molar-refractivity contribution < 1.29 is 22.8 Å². The first kappa shape index (κ1) is 22.0. The zero-order valence-corrected chi connectivity index (χ0v) is 17.9.